The molecule has 6 nitrogen and oxygen atoms in total. The highest BCUT2D eigenvalue weighted by Gasteiger charge is 2.06. The minimum atomic E-state index is -0.244. The van der Waals surface area contributed by atoms with Crippen molar-refractivity contribution in [2.24, 2.45) is 0 Å². The number of nitrogens with one attached hydrogen (secondary N) is 1. The third kappa shape index (κ3) is 2.73. The number of hydrogen-bond acceptors (Lipinski definition) is 5. The van der Waals surface area contributed by atoms with Crippen LogP contribution in [0.4, 0.5) is 0 Å². The minimum Gasteiger partial charge on any atom is -0.378 e. The van der Waals surface area contributed by atoms with Crippen LogP contribution in [0, 0.1) is 6.92 Å². The predicted molar refractivity (Wildman–Crippen MR) is 61.3 cm³/mol. The second kappa shape index (κ2) is 4.84. The van der Waals surface area contributed by atoms with E-state index >= 15 is 0 Å². The molecule has 0 aliphatic heterocycles. The lowest BCUT2D eigenvalue weighted by molar-refractivity contribution is 0.181. The molecular weight excluding hydrogens is 220 g/mol. The van der Waals surface area contributed by atoms with E-state index in [4.69, 9.17) is 4.74 Å². The summed E-state index contributed by atoms with van der Waals surface area (Å²) in [7, 11) is 1.55. The van der Waals surface area contributed by atoms with E-state index < -0.39 is 0 Å². The van der Waals surface area contributed by atoms with Gasteiger partial charge < -0.3 is 9.72 Å². The SMILES string of the molecule is COCc1cc(=O)[nH]c(-c2ncc(C)cn2)n1. The molecule has 6 heteroatoms. The maximum Gasteiger partial charge on any atom is 0.251 e. The Balaban J connectivity index is 2.44. The van der Waals surface area contributed by atoms with Crippen LogP contribution in [0.3, 0.4) is 0 Å². The van der Waals surface area contributed by atoms with Gasteiger partial charge >= 0.3 is 0 Å². The van der Waals surface area contributed by atoms with Crippen LogP contribution in [-0.2, 0) is 11.3 Å². The van der Waals surface area contributed by atoms with Crippen LogP contribution in [0.2, 0.25) is 0 Å². The van der Waals surface area contributed by atoms with E-state index in [-0.39, 0.29) is 12.2 Å². The summed E-state index contributed by atoms with van der Waals surface area (Å²) in [5.41, 5.74) is 1.26. The molecule has 2 heterocycles. The Morgan fingerprint density at radius 1 is 1.35 bits per heavy atom. The molecule has 17 heavy (non-hydrogen) atoms. The topological polar surface area (TPSA) is 80.8 Å². The molecule has 0 aliphatic carbocycles. The van der Waals surface area contributed by atoms with E-state index in [1.165, 1.54) is 6.07 Å². The lowest BCUT2D eigenvalue weighted by Crippen LogP contribution is -2.12. The van der Waals surface area contributed by atoms with E-state index in [0.717, 1.165) is 5.56 Å². The van der Waals surface area contributed by atoms with E-state index in [2.05, 4.69) is 19.9 Å². The van der Waals surface area contributed by atoms with E-state index in [9.17, 15) is 4.79 Å². The van der Waals surface area contributed by atoms with Crippen molar-refractivity contribution in [3.8, 4) is 11.6 Å². The highest BCUT2D eigenvalue weighted by atomic mass is 16.5. The number of aromatic amines is 1. The molecule has 0 aliphatic rings. The second-order valence-corrected chi connectivity index (χ2v) is 3.60. The van der Waals surface area contributed by atoms with Crippen molar-refractivity contribution in [2.75, 3.05) is 7.11 Å². The van der Waals surface area contributed by atoms with Gasteiger partial charge in [0, 0.05) is 25.6 Å². The van der Waals surface area contributed by atoms with Crippen LogP contribution in [0.15, 0.2) is 23.3 Å². The fourth-order valence-corrected chi connectivity index (χ4v) is 1.35. The van der Waals surface area contributed by atoms with E-state index in [1.807, 2.05) is 6.92 Å². The summed E-state index contributed by atoms with van der Waals surface area (Å²) in [5, 5.41) is 0. The van der Waals surface area contributed by atoms with Crippen molar-refractivity contribution in [2.45, 2.75) is 13.5 Å². The molecule has 1 N–H and O–H groups in total. The molecule has 0 atom stereocenters. The molecule has 0 aromatic carbocycles. The van der Waals surface area contributed by atoms with Gasteiger partial charge in [-0.2, -0.15) is 0 Å². The zero-order valence-electron chi connectivity index (χ0n) is 9.60. The average molecular weight is 232 g/mol. The Bertz CT molecular complexity index is 562. The van der Waals surface area contributed by atoms with Gasteiger partial charge in [0.15, 0.2) is 11.6 Å². The van der Waals surface area contributed by atoms with Crippen LogP contribution in [0.25, 0.3) is 11.6 Å². The third-order valence-electron chi connectivity index (χ3n) is 2.08. The Morgan fingerprint density at radius 2 is 2.06 bits per heavy atom. The third-order valence-corrected chi connectivity index (χ3v) is 2.08. The van der Waals surface area contributed by atoms with Crippen molar-refractivity contribution < 1.29 is 4.74 Å². The molecule has 2 rings (SSSR count). The van der Waals surface area contributed by atoms with Gasteiger partial charge in [-0.1, -0.05) is 0 Å². The van der Waals surface area contributed by atoms with Gasteiger partial charge in [0.2, 0.25) is 0 Å². The number of nitrogens with zero attached hydrogens (tertiary/aromatic N) is 3. The summed E-state index contributed by atoms with van der Waals surface area (Å²) in [4.78, 5) is 26.4. The first-order valence-electron chi connectivity index (χ1n) is 5.07. The van der Waals surface area contributed by atoms with Crippen LogP contribution in [0.1, 0.15) is 11.3 Å². The molecule has 0 radical (unpaired) electrons. The smallest absolute Gasteiger partial charge is 0.251 e. The second-order valence-electron chi connectivity index (χ2n) is 3.60. The van der Waals surface area contributed by atoms with Crippen LogP contribution >= 0.6 is 0 Å². The number of aryl methyl sites for hydroxylation is 1. The molecule has 2 aromatic rings. The summed E-state index contributed by atoms with van der Waals surface area (Å²) < 4.78 is 4.94. The largest absolute Gasteiger partial charge is 0.378 e. The zero-order chi connectivity index (χ0) is 12.3. The zero-order valence-corrected chi connectivity index (χ0v) is 9.60. The van der Waals surface area contributed by atoms with E-state index in [0.29, 0.717) is 17.3 Å². The van der Waals surface area contributed by atoms with Crippen LogP contribution in [0.5, 0.6) is 0 Å². The first kappa shape index (κ1) is 11.4. The molecule has 0 spiro atoms. The molecule has 88 valence electrons. The van der Waals surface area contributed by atoms with Gasteiger partial charge in [-0.3, -0.25) is 4.79 Å². The summed E-state index contributed by atoms with van der Waals surface area (Å²) in [6, 6.07) is 1.39. The van der Waals surface area contributed by atoms with Crippen molar-refractivity contribution in [1.82, 2.24) is 19.9 Å². The standard InChI is InChI=1S/C11H12N4O2/c1-7-4-12-10(13-5-7)11-14-8(6-17-2)3-9(16)15-11/h3-5H,6H2,1-2H3,(H,14,15,16). The van der Waals surface area contributed by atoms with E-state index in [1.54, 1.807) is 19.5 Å². The molecule has 0 saturated heterocycles. The van der Waals surface area contributed by atoms with Crippen molar-refractivity contribution in [3.63, 3.8) is 0 Å². The maximum absolute atomic E-state index is 11.4. The number of aromatic nitrogens is 4. The Morgan fingerprint density at radius 3 is 2.71 bits per heavy atom. The fourth-order valence-electron chi connectivity index (χ4n) is 1.35. The fraction of sp³-hybridized carbons (Fsp3) is 0.273. The summed E-state index contributed by atoms with van der Waals surface area (Å²) >= 11 is 0. The normalized spacial score (nSPS) is 10.5. The lowest BCUT2D eigenvalue weighted by Gasteiger charge is -2.02. The maximum atomic E-state index is 11.4. The first-order chi connectivity index (χ1) is 8.19. The lowest BCUT2D eigenvalue weighted by atomic mass is 10.3. The van der Waals surface area contributed by atoms with Gasteiger partial charge in [0.1, 0.15) is 0 Å². The molecular formula is C11H12N4O2. The highest BCUT2D eigenvalue weighted by Crippen LogP contribution is 2.07. The van der Waals surface area contributed by atoms with Gasteiger partial charge in [-0.15, -0.1) is 0 Å². The number of H-pyrrole nitrogens is 1. The summed E-state index contributed by atoms with van der Waals surface area (Å²) in [6.07, 6.45) is 3.34. The van der Waals surface area contributed by atoms with Gasteiger partial charge in [0.25, 0.3) is 5.56 Å². The molecule has 0 fully saturated rings. The highest BCUT2D eigenvalue weighted by molar-refractivity contribution is 5.42. The predicted octanol–water partition coefficient (Wildman–Crippen LogP) is 0.682. The Kier molecular flexibility index (Phi) is 3.24. The number of hydrogen-bond donors (Lipinski definition) is 1. The van der Waals surface area contributed by atoms with Gasteiger partial charge in [0.05, 0.1) is 12.3 Å². The van der Waals surface area contributed by atoms with Crippen LogP contribution in [-0.4, -0.2) is 27.0 Å². The average Bonchev–Trinajstić information content (AvgIpc) is 2.29. The quantitative estimate of drug-likeness (QED) is 0.841. The number of ether oxygens (including phenoxy) is 1. The Hall–Kier alpha value is -2.08. The van der Waals surface area contributed by atoms with Crippen LogP contribution < -0.4 is 5.56 Å². The number of methoxy groups -OCH3 is 1. The summed E-state index contributed by atoms with van der Waals surface area (Å²) in [5.74, 6) is 0.746. The molecule has 0 saturated carbocycles. The summed E-state index contributed by atoms with van der Waals surface area (Å²) in [6.45, 7) is 2.17. The monoisotopic (exact) mass is 232 g/mol. The van der Waals surface area contributed by atoms with Crippen molar-refractivity contribution in [1.29, 1.82) is 0 Å². The Labute approximate surface area is 97.7 Å². The molecule has 0 amide bonds. The first-order valence-corrected chi connectivity index (χ1v) is 5.07. The minimum absolute atomic E-state index is 0.244. The van der Waals surface area contributed by atoms with Crippen molar-refractivity contribution in [3.05, 3.63) is 40.1 Å². The van der Waals surface area contributed by atoms with Crippen molar-refractivity contribution >= 4 is 0 Å². The molecule has 2 aromatic heterocycles. The van der Waals surface area contributed by atoms with Gasteiger partial charge in [-0.05, 0) is 12.5 Å². The number of rotatable bonds is 3. The van der Waals surface area contributed by atoms with Gasteiger partial charge in [-0.25, -0.2) is 15.0 Å². The molecule has 0 bridgehead atoms. The molecule has 0 unspecified atom stereocenters.